The number of amides is 2. The number of hydrogen-bond donors (Lipinski definition) is 0. The van der Waals surface area contributed by atoms with Gasteiger partial charge in [-0.3, -0.25) is 14.5 Å². The largest absolute Gasteiger partial charge is 0.493 e. The molecule has 1 heterocycles. The summed E-state index contributed by atoms with van der Waals surface area (Å²) in [6.07, 6.45) is 0.779. The highest BCUT2D eigenvalue weighted by molar-refractivity contribution is 8.14. The van der Waals surface area contributed by atoms with Crippen LogP contribution in [0.1, 0.15) is 11.1 Å². The minimum Gasteiger partial charge on any atom is -0.493 e. The topological polar surface area (TPSA) is 46.6 Å². The molecule has 6 heteroatoms. The van der Waals surface area contributed by atoms with E-state index in [2.05, 4.69) is 0 Å². The van der Waals surface area contributed by atoms with Gasteiger partial charge in [0, 0.05) is 16.8 Å². The lowest BCUT2D eigenvalue weighted by atomic mass is 10.0. The molecule has 1 aliphatic rings. The summed E-state index contributed by atoms with van der Waals surface area (Å²) in [5.41, 5.74) is 2.10. The predicted octanol–water partition coefficient (Wildman–Crippen LogP) is 5.31. The molecule has 1 fully saturated rings. The van der Waals surface area contributed by atoms with Crippen LogP contribution in [0, 0.1) is 0 Å². The highest BCUT2D eigenvalue weighted by atomic mass is 35.5. The van der Waals surface area contributed by atoms with E-state index in [4.69, 9.17) is 16.3 Å². The average molecular weight is 412 g/mol. The average Bonchev–Trinajstić information content (AvgIpc) is 3.03. The normalized spacial score (nSPS) is 14.1. The van der Waals surface area contributed by atoms with E-state index in [9.17, 15) is 9.59 Å². The van der Waals surface area contributed by atoms with Gasteiger partial charge in [-0.05, 0) is 34.7 Å². The van der Waals surface area contributed by atoms with Crippen molar-refractivity contribution in [2.24, 2.45) is 0 Å². The molecule has 0 saturated carbocycles. The fraction of sp³-hybridized carbons (Fsp3) is 0.182. The number of nitrogens with zero attached hydrogens (tertiary/aromatic N) is 1. The Labute approximate surface area is 172 Å². The molecule has 0 radical (unpaired) electrons. The fourth-order valence-electron chi connectivity index (χ4n) is 3.23. The molecule has 0 atom stereocenters. The summed E-state index contributed by atoms with van der Waals surface area (Å²) >= 11 is 6.98. The maximum Gasteiger partial charge on any atom is 0.289 e. The van der Waals surface area contributed by atoms with E-state index in [0.717, 1.165) is 50.9 Å². The maximum absolute atomic E-state index is 11.9. The van der Waals surface area contributed by atoms with Gasteiger partial charge in [0.25, 0.3) is 5.24 Å². The summed E-state index contributed by atoms with van der Waals surface area (Å²) in [6.45, 7) is 0.834. The number of carbonyl (C=O) groups is 2. The Morgan fingerprint density at radius 1 is 0.964 bits per heavy atom. The van der Waals surface area contributed by atoms with E-state index in [1.807, 2.05) is 60.7 Å². The van der Waals surface area contributed by atoms with Crippen LogP contribution >= 0.6 is 23.4 Å². The molecule has 3 aromatic rings. The van der Waals surface area contributed by atoms with Gasteiger partial charge in [0.15, 0.2) is 0 Å². The summed E-state index contributed by atoms with van der Waals surface area (Å²) in [5.74, 6) is 0.881. The quantitative estimate of drug-likeness (QED) is 0.551. The molecule has 142 valence electrons. The monoisotopic (exact) mass is 411 g/mol. The molecule has 0 unspecified atom stereocenters. The summed E-state index contributed by atoms with van der Waals surface area (Å²) in [7, 11) is 0. The van der Waals surface area contributed by atoms with Gasteiger partial charge in [-0.1, -0.05) is 65.8 Å². The number of carbonyl (C=O) groups excluding carboxylic acids is 2. The Morgan fingerprint density at radius 2 is 1.71 bits per heavy atom. The van der Waals surface area contributed by atoms with Crippen LogP contribution in [0.25, 0.3) is 10.8 Å². The van der Waals surface area contributed by atoms with Crippen molar-refractivity contribution in [3.8, 4) is 5.75 Å². The van der Waals surface area contributed by atoms with E-state index >= 15 is 0 Å². The van der Waals surface area contributed by atoms with Crippen molar-refractivity contribution < 1.29 is 14.3 Å². The molecule has 4 rings (SSSR count). The van der Waals surface area contributed by atoms with Gasteiger partial charge in [-0.2, -0.15) is 0 Å². The number of benzene rings is 3. The number of hydrogen-bond acceptors (Lipinski definition) is 4. The Balaban J connectivity index is 1.53. The number of imide groups is 1. The number of rotatable bonds is 6. The van der Waals surface area contributed by atoms with Crippen LogP contribution in [0.2, 0.25) is 5.02 Å². The van der Waals surface area contributed by atoms with Crippen molar-refractivity contribution in [2.45, 2.75) is 13.0 Å². The van der Waals surface area contributed by atoms with Crippen molar-refractivity contribution in [3.05, 3.63) is 76.8 Å². The summed E-state index contributed by atoms with van der Waals surface area (Å²) in [5, 5.41) is 2.50. The van der Waals surface area contributed by atoms with Crippen molar-refractivity contribution in [2.75, 3.05) is 12.4 Å². The molecule has 2 amide bonds. The third-order valence-corrected chi connectivity index (χ3v) is 5.82. The molecule has 0 aliphatic carbocycles. The zero-order valence-corrected chi connectivity index (χ0v) is 16.6. The molecule has 1 aliphatic heterocycles. The van der Waals surface area contributed by atoms with Crippen LogP contribution in [-0.4, -0.2) is 28.4 Å². The fourth-order valence-corrected chi connectivity index (χ4v) is 4.08. The molecule has 3 aromatic carbocycles. The Kier molecular flexibility index (Phi) is 5.55. The Morgan fingerprint density at radius 3 is 2.43 bits per heavy atom. The zero-order valence-electron chi connectivity index (χ0n) is 15.1. The smallest absolute Gasteiger partial charge is 0.289 e. The van der Waals surface area contributed by atoms with Crippen LogP contribution in [-0.2, 0) is 17.8 Å². The SMILES string of the molecule is O=C1CSC(=O)N1Cc1ccc(OCCc2ccc(Cl)cc2)c2ccccc12. The highest BCUT2D eigenvalue weighted by Gasteiger charge is 2.30. The third kappa shape index (κ3) is 4.01. The number of ether oxygens (including phenoxy) is 1. The predicted molar refractivity (Wildman–Crippen MR) is 113 cm³/mol. The van der Waals surface area contributed by atoms with Crippen molar-refractivity contribution in [1.29, 1.82) is 0 Å². The summed E-state index contributed by atoms with van der Waals surface area (Å²) in [6, 6.07) is 19.5. The molecule has 0 aromatic heterocycles. The second kappa shape index (κ2) is 8.25. The first-order valence-electron chi connectivity index (χ1n) is 8.97. The summed E-state index contributed by atoms with van der Waals surface area (Å²) in [4.78, 5) is 25.2. The Hall–Kier alpha value is -2.50. The standard InChI is InChI=1S/C22H18ClNO3S/c23-17-8-5-15(6-9-17)11-12-27-20-10-7-16(18-3-1-2-4-19(18)20)13-24-21(25)14-28-22(24)26/h1-10H,11-14H2. The molecule has 0 bridgehead atoms. The van der Waals surface area contributed by atoms with E-state index in [1.165, 1.54) is 4.90 Å². The van der Waals surface area contributed by atoms with Crippen LogP contribution in [0.4, 0.5) is 4.79 Å². The van der Waals surface area contributed by atoms with Crippen molar-refractivity contribution in [1.82, 2.24) is 4.90 Å². The van der Waals surface area contributed by atoms with E-state index in [0.29, 0.717) is 6.61 Å². The van der Waals surface area contributed by atoms with Gasteiger partial charge in [0.2, 0.25) is 5.91 Å². The van der Waals surface area contributed by atoms with Crippen LogP contribution in [0.5, 0.6) is 5.75 Å². The molecule has 4 nitrogen and oxygen atoms in total. The number of thioether (sulfide) groups is 1. The lowest BCUT2D eigenvalue weighted by molar-refractivity contribution is -0.124. The highest BCUT2D eigenvalue weighted by Crippen LogP contribution is 2.31. The minimum atomic E-state index is -0.183. The molecule has 1 saturated heterocycles. The first-order valence-corrected chi connectivity index (χ1v) is 10.3. The second-order valence-corrected chi connectivity index (χ2v) is 7.89. The lowest BCUT2D eigenvalue weighted by Gasteiger charge is -2.16. The van der Waals surface area contributed by atoms with Gasteiger partial charge < -0.3 is 4.74 Å². The molecular weight excluding hydrogens is 394 g/mol. The van der Waals surface area contributed by atoms with E-state index < -0.39 is 0 Å². The first-order chi connectivity index (χ1) is 13.6. The van der Waals surface area contributed by atoms with Crippen LogP contribution in [0.15, 0.2) is 60.7 Å². The van der Waals surface area contributed by atoms with Gasteiger partial charge in [-0.15, -0.1) is 0 Å². The molecule has 28 heavy (non-hydrogen) atoms. The van der Waals surface area contributed by atoms with E-state index in [1.54, 1.807) is 0 Å². The maximum atomic E-state index is 11.9. The molecule has 0 spiro atoms. The van der Waals surface area contributed by atoms with Gasteiger partial charge in [-0.25, -0.2) is 0 Å². The van der Waals surface area contributed by atoms with Crippen LogP contribution < -0.4 is 4.74 Å². The summed E-state index contributed by atoms with van der Waals surface area (Å²) < 4.78 is 6.04. The first kappa shape index (κ1) is 18.8. The van der Waals surface area contributed by atoms with Gasteiger partial charge >= 0.3 is 0 Å². The molecular formula is C22H18ClNO3S. The second-order valence-electron chi connectivity index (χ2n) is 6.53. The van der Waals surface area contributed by atoms with Crippen LogP contribution in [0.3, 0.4) is 0 Å². The van der Waals surface area contributed by atoms with Gasteiger partial charge in [0.1, 0.15) is 5.75 Å². The third-order valence-electron chi connectivity index (χ3n) is 4.70. The molecule has 0 N–H and O–H groups in total. The van der Waals surface area contributed by atoms with Gasteiger partial charge in [0.05, 0.1) is 18.9 Å². The van der Waals surface area contributed by atoms with E-state index in [-0.39, 0.29) is 23.4 Å². The van der Waals surface area contributed by atoms with Crippen molar-refractivity contribution in [3.63, 3.8) is 0 Å². The zero-order chi connectivity index (χ0) is 19.5. The number of halogens is 1. The van der Waals surface area contributed by atoms with Crippen molar-refractivity contribution >= 4 is 45.3 Å². The Bertz CT molecular complexity index is 1020. The minimum absolute atomic E-state index is 0.137. The lowest BCUT2D eigenvalue weighted by Crippen LogP contribution is -2.28. The number of fused-ring (bicyclic) bond motifs is 1.